The summed E-state index contributed by atoms with van der Waals surface area (Å²) in [6.07, 6.45) is 1.58. The Kier molecular flexibility index (Phi) is 13.0. The molecule has 1 atom stereocenters. The molecule has 0 aliphatic heterocycles. The summed E-state index contributed by atoms with van der Waals surface area (Å²) in [5.74, 6) is -0.716. The van der Waals surface area contributed by atoms with E-state index in [2.05, 4.69) is 42.0 Å². The minimum absolute atomic E-state index is 0.0642. The van der Waals surface area contributed by atoms with Gasteiger partial charge in [0.2, 0.25) is 0 Å². The van der Waals surface area contributed by atoms with Gasteiger partial charge in [0.05, 0.1) is 0 Å². The predicted molar refractivity (Wildman–Crippen MR) is 178 cm³/mol. The van der Waals surface area contributed by atoms with Gasteiger partial charge in [-0.15, -0.1) is 0 Å². The van der Waals surface area contributed by atoms with Gasteiger partial charge in [-0.25, -0.2) is 14.4 Å². The van der Waals surface area contributed by atoms with Crippen LogP contribution >= 0.6 is 0 Å². The van der Waals surface area contributed by atoms with Crippen molar-refractivity contribution in [1.29, 1.82) is 0 Å². The van der Waals surface area contributed by atoms with E-state index in [9.17, 15) is 19.2 Å². The number of rotatable bonds is 13. The highest BCUT2D eigenvalue weighted by molar-refractivity contribution is 5.95. The van der Waals surface area contributed by atoms with Crippen LogP contribution in [0.15, 0.2) is 48.5 Å². The van der Waals surface area contributed by atoms with Crippen LogP contribution in [0, 0.1) is 18.3 Å². The smallest absolute Gasteiger partial charge is 0.329 e. The van der Waals surface area contributed by atoms with Crippen molar-refractivity contribution in [1.82, 2.24) is 10.6 Å². The Bertz CT molecular complexity index is 1320. The van der Waals surface area contributed by atoms with E-state index < -0.39 is 41.2 Å². The van der Waals surface area contributed by atoms with Crippen LogP contribution in [0.1, 0.15) is 86.3 Å². The van der Waals surface area contributed by atoms with E-state index in [1.54, 1.807) is 25.1 Å². The van der Waals surface area contributed by atoms with Crippen LogP contribution in [0.3, 0.4) is 0 Å². The lowest BCUT2D eigenvalue weighted by Crippen LogP contribution is -2.48. The van der Waals surface area contributed by atoms with E-state index in [4.69, 9.17) is 9.47 Å². The number of hydrogen-bond donors (Lipinski definition) is 4. The zero-order valence-corrected chi connectivity index (χ0v) is 28.6. The highest BCUT2D eigenvalue weighted by Gasteiger charge is 2.33. The minimum atomic E-state index is -0.939. The first-order chi connectivity index (χ1) is 20.7. The van der Waals surface area contributed by atoms with E-state index >= 15 is 0 Å². The molecule has 45 heavy (non-hydrogen) atoms. The van der Waals surface area contributed by atoms with Gasteiger partial charge in [0.15, 0.2) is 0 Å². The van der Waals surface area contributed by atoms with Gasteiger partial charge in [-0.05, 0) is 82.1 Å². The maximum atomic E-state index is 13.3. The molecule has 0 spiro atoms. The van der Waals surface area contributed by atoms with Gasteiger partial charge < -0.3 is 30.7 Å². The molecule has 0 saturated carbocycles. The zero-order chi connectivity index (χ0) is 34.0. The van der Waals surface area contributed by atoms with Crippen LogP contribution in [-0.4, -0.2) is 47.8 Å². The Hall–Kier alpha value is -4.08. The average Bonchev–Trinajstić information content (AvgIpc) is 2.87. The average molecular weight is 625 g/mol. The quantitative estimate of drug-likeness (QED) is 0.178. The van der Waals surface area contributed by atoms with Crippen molar-refractivity contribution in [3.05, 3.63) is 59.7 Å². The summed E-state index contributed by atoms with van der Waals surface area (Å²) in [6.45, 7) is 19.2. The van der Waals surface area contributed by atoms with E-state index in [0.29, 0.717) is 30.1 Å². The fourth-order valence-electron chi connectivity index (χ4n) is 5.55. The fourth-order valence-corrected chi connectivity index (χ4v) is 5.55. The molecule has 2 rings (SSSR count). The summed E-state index contributed by atoms with van der Waals surface area (Å²) in [5.41, 5.74) is 0.996. The highest BCUT2D eigenvalue weighted by atomic mass is 16.6. The number of aryl methyl sites for hydroxylation is 1. The van der Waals surface area contributed by atoms with Gasteiger partial charge in [0.1, 0.15) is 23.8 Å². The zero-order valence-electron chi connectivity index (χ0n) is 28.6. The summed E-state index contributed by atoms with van der Waals surface area (Å²) in [6, 6.07) is 12.3. The number of nitrogens with one attached hydrogen (secondary N) is 4. The Morgan fingerprint density at radius 2 is 1.44 bits per heavy atom. The highest BCUT2D eigenvalue weighted by Crippen LogP contribution is 2.30. The molecule has 0 bridgehead atoms. The molecule has 0 aliphatic rings. The number of anilines is 2. The third kappa shape index (κ3) is 14.5. The lowest BCUT2D eigenvalue weighted by Gasteiger charge is -2.33. The molecule has 0 heterocycles. The summed E-state index contributed by atoms with van der Waals surface area (Å²) < 4.78 is 11.4. The van der Waals surface area contributed by atoms with E-state index in [-0.39, 0.29) is 18.4 Å². The maximum absolute atomic E-state index is 13.3. The second-order valence-corrected chi connectivity index (χ2v) is 14.4. The molecule has 1 unspecified atom stereocenters. The van der Waals surface area contributed by atoms with Crippen LogP contribution in [0.25, 0.3) is 0 Å². The van der Waals surface area contributed by atoms with Crippen LogP contribution in [0.5, 0.6) is 0 Å². The second-order valence-electron chi connectivity index (χ2n) is 14.4. The Balaban J connectivity index is 2.06. The third-order valence-corrected chi connectivity index (χ3v) is 6.63. The fraction of sp³-hybridized carbons (Fsp3) is 0.543. The van der Waals surface area contributed by atoms with Crippen molar-refractivity contribution >= 4 is 35.4 Å². The first kappa shape index (κ1) is 37.1. The summed E-state index contributed by atoms with van der Waals surface area (Å²) in [5, 5.41) is 10.7. The number of ether oxygens (including phenoxy) is 2. The van der Waals surface area contributed by atoms with Crippen LogP contribution in [0.2, 0.25) is 0 Å². The van der Waals surface area contributed by atoms with E-state index in [1.807, 2.05) is 71.9 Å². The number of hydrogen-bond acceptors (Lipinski definition) is 6. The van der Waals surface area contributed by atoms with E-state index in [1.165, 1.54) is 0 Å². The molecule has 10 heteroatoms. The van der Waals surface area contributed by atoms with Crippen LogP contribution in [0.4, 0.5) is 21.0 Å². The lowest BCUT2D eigenvalue weighted by atomic mass is 9.83. The number of carbonyl (C=O) groups is 4. The molecule has 4 N–H and O–H groups in total. The SMILES string of the molecule is Cc1ccc(NC(=O)NC(Cc2ccccc2)C(=O)OC(C)(C)CC(C)(C)C)cc1NC(=O)NCC(=O)OC(C)(C)CC(C)C. The van der Waals surface area contributed by atoms with Crippen molar-refractivity contribution in [3.8, 4) is 0 Å². The second kappa shape index (κ2) is 15.8. The van der Waals surface area contributed by atoms with Crippen molar-refractivity contribution in [3.63, 3.8) is 0 Å². The van der Waals surface area contributed by atoms with Gasteiger partial charge in [-0.1, -0.05) is 71.0 Å². The topological polar surface area (TPSA) is 135 Å². The van der Waals surface area contributed by atoms with Crippen LogP contribution < -0.4 is 21.3 Å². The maximum Gasteiger partial charge on any atom is 0.329 e. The number of carbonyl (C=O) groups excluding carboxylic acids is 4. The molecular formula is C35H52N4O6. The molecule has 4 amide bonds. The molecule has 10 nitrogen and oxygen atoms in total. The molecule has 2 aromatic rings. The van der Waals surface area contributed by atoms with Gasteiger partial charge in [-0.2, -0.15) is 0 Å². The Labute approximate surface area is 268 Å². The predicted octanol–water partition coefficient (Wildman–Crippen LogP) is 6.98. The number of esters is 2. The van der Waals surface area contributed by atoms with Crippen LogP contribution in [-0.2, 0) is 25.5 Å². The lowest BCUT2D eigenvalue weighted by molar-refractivity contribution is -0.161. The molecular weight excluding hydrogens is 572 g/mol. The third-order valence-electron chi connectivity index (χ3n) is 6.63. The molecule has 0 radical (unpaired) electrons. The van der Waals surface area contributed by atoms with Crippen molar-refractivity contribution in [2.75, 3.05) is 17.2 Å². The monoisotopic (exact) mass is 624 g/mol. The standard InChI is InChI=1S/C35H52N4O6/c1-23(2)20-34(7,8)44-29(40)21-36-31(42)38-27-19-26(17-16-24(27)3)37-32(43)39-28(18-25-14-12-11-13-15-25)30(41)45-35(9,10)22-33(4,5)6/h11-17,19,23,28H,18,20-22H2,1-10H3,(H2,36,38,42)(H2,37,39,43). The number of amides is 4. The largest absolute Gasteiger partial charge is 0.458 e. The molecule has 0 saturated heterocycles. The summed E-state index contributed by atoms with van der Waals surface area (Å²) in [7, 11) is 0. The summed E-state index contributed by atoms with van der Waals surface area (Å²) >= 11 is 0. The van der Waals surface area contributed by atoms with Gasteiger partial charge >= 0.3 is 24.0 Å². The van der Waals surface area contributed by atoms with E-state index in [0.717, 1.165) is 11.1 Å². The van der Waals surface area contributed by atoms with Gasteiger partial charge in [-0.3, -0.25) is 4.79 Å². The Morgan fingerprint density at radius 3 is 2.04 bits per heavy atom. The van der Waals surface area contributed by atoms with Crippen molar-refractivity contribution in [2.45, 2.75) is 106 Å². The molecule has 248 valence electrons. The van der Waals surface area contributed by atoms with Crippen molar-refractivity contribution < 1.29 is 28.7 Å². The van der Waals surface area contributed by atoms with Crippen molar-refractivity contribution in [2.24, 2.45) is 11.3 Å². The normalized spacial score (nSPS) is 12.6. The van der Waals surface area contributed by atoms with Gasteiger partial charge in [0, 0.05) is 17.8 Å². The number of benzene rings is 2. The number of urea groups is 2. The first-order valence-corrected chi connectivity index (χ1v) is 15.5. The molecule has 0 aromatic heterocycles. The van der Waals surface area contributed by atoms with Gasteiger partial charge in [0.25, 0.3) is 0 Å². The molecule has 0 aliphatic carbocycles. The minimum Gasteiger partial charge on any atom is -0.458 e. The molecule has 2 aromatic carbocycles. The summed E-state index contributed by atoms with van der Waals surface area (Å²) in [4.78, 5) is 51.3. The Morgan fingerprint density at radius 1 is 0.800 bits per heavy atom. The first-order valence-electron chi connectivity index (χ1n) is 15.5. The molecule has 0 fully saturated rings.